The highest BCUT2D eigenvalue weighted by molar-refractivity contribution is 5.91. The second kappa shape index (κ2) is 3.59. The molecule has 1 aliphatic rings. The van der Waals surface area contributed by atoms with Gasteiger partial charge in [0, 0.05) is 6.54 Å². The van der Waals surface area contributed by atoms with E-state index >= 15 is 0 Å². The third kappa shape index (κ3) is 1.74. The Bertz CT molecular complexity index is 260. The van der Waals surface area contributed by atoms with Gasteiger partial charge in [0.25, 0.3) is 0 Å². The van der Waals surface area contributed by atoms with Gasteiger partial charge in [0.1, 0.15) is 0 Å². The molecule has 0 spiro atoms. The Balaban J connectivity index is 2.55. The third-order valence-corrected chi connectivity index (χ3v) is 2.93. The second-order valence-corrected chi connectivity index (χ2v) is 4.41. The minimum absolute atomic E-state index is 0.121. The molecule has 0 aliphatic heterocycles. The van der Waals surface area contributed by atoms with E-state index in [0.717, 1.165) is 6.42 Å². The quantitative estimate of drug-likeness (QED) is 0.706. The van der Waals surface area contributed by atoms with Crippen molar-refractivity contribution in [2.45, 2.75) is 27.2 Å². The molecule has 4 nitrogen and oxygen atoms in total. The molecule has 2 N–H and O–H groups in total. The number of nitrogens with one attached hydrogen (secondary N) is 1. The fraction of sp³-hybridized carbons (Fsp3) is 0.800. The van der Waals surface area contributed by atoms with Gasteiger partial charge < -0.3 is 10.4 Å². The first-order valence-corrected chi connectivity index (χ1v) is 4.93. The second-order valence-electron chi connectivity index (χ2n) is 4.41. The summed E-state index contributed by atoms with van der Waals surface area (Å²) in [5.74, 6) is -1.86. The molecular weight excluding hydrogens is 182 g/mol. The summed E-state index contributed by atoms with van der Waals surface area (Å²) in [7, 11) is 0. The van der Waals surface area contributed by atoms with E-state index in [9.17, 15) is 9.59 Å². The first kappa shape index (κ1) is 11.0. The molecule has 80 valence electrons. The molecule has 0 aromatic heterocycles. The number of carbonyl (C=O) groups is 2. The minimum atomic E-state index is -0.869. The molecule has 0 heterocycles. The average molecular weight is 199 g/mol. The molecule has 4 heteroatoms. The molecule has 1 amide bonds. The van der Waals surface area contributed by atoms with Gasteiger partial charge in [0.05, 0.1) is 11.8 Å². The highest BCUT2D eigenvalue weighted by Crippen LogP contribution is 2.58. The molecule has 1 saturated carbocycles. The Hall–Kier alpha value is -1.06. The van der Waals surface area contributed by atoms with Gasteiger partial charge in [0.2, 0.25) is 5.91 Å². The minimum Gasteiger partial charge on any atom is -0.481 e. The molecule has 0 aromatic rings. The first-order chi connectivity index (χ1) is 6.42. The topological polar surface area (TPSA) is 66.4 Å². The molecule has 0 radical (unpaired) electrons. The van der Waals surface area contributed by atoms with Crippen LogP contribution in [0, 0.1) is 17.3 Å². The number of hydrogen-bond donors (Lipinski definition) is 2. The van der Waals surface area contributed by atoms with Gasteiger partial charge in [-0.2, -0.15) is 0 Å². The van der Waals surface area contributed by atoms with Crippen molar-refractivity contribution in [2.24, 2.45) is 17.3 Å². The standard InChI is InChI=1S/C10H17NO3/c1-4-5-11-8(12)6-7(9(13)14)10(6,2)3/h6-7H,4-5H2,1-3H3,(H,11,12)(H,13,14)/t6-,7+/m1/s1. The fourth-order valence-corrected chi connectivity index (χ4v) is 1.95. The molecular formula is C10H17NO3. The van der Waals surface area contributed by atoms with Crippen molar-refractivity contribution < 1.29 is 14.7 Å². The highest BCUT2D eigenvalue weighted by atomic mass is 16.4. The lowest BCUT2D eigenvalue weighted by molar-refractivity contribution is -0.140. The Morgan fingerprint density at radius 3 is 2.29 bits per heavy atom. The number of amides is 1. The van der Waals surface area contributed by atoms with Crippen molar-refractivity contribution in [2.75, 3.05) is 6.54 Å². The van der Waals surface area contributed by atoms with Crippen molar-refractivity contribution in [1.82, 2.24) is 5.32 Å². The van der Waals surface area contributed by atoms with Gasteiger partial charge in [-0.3, -0.25) is 9.59 Å². The van der Waals surface area contributed by atoms with Crippen molar-refractivity contribution >= 4 is 11.9 Å². The van der Waals surface area contributed by atoms with Crippen molar-refractivity contribution in [3.8, 4) is 0 Å². The Labute approximate surface area is 83.7 Å². The maximum absolute atomic E-state index is 11.5. The number of carboxylic acids is 1. The molecule has 0 bridgehead atoms. The van der Waals surface area contributed by atoms with Crippen LogP contribution >= 0.6 is 0 Å². The van der Waals surface area contributed by atoms with Gasteiger partial charge in [-0.1, -0.05) is 20.8 Å². The van der Waals surface area contributed by atoms with E-state index in [1.807, 2.05) is 20.8 Å². The maximum atomic E-state index is 11.5. The van der Waals surface area contributed by atoms with Crippen LogP contribution in [0.15, 0.2) is 0 Å². The van der Waals surface area contributed by atoms with E-state index in [0.29, 0.717) is 6.54 Å². The molecule has 14 heavy (non-hydrogen) atoms. The van der Waals surface area contributed by atoms with Crippen molar-refractivity contribution in [3.63, 3.8) is 0 Å². The van der Waals surface area contributed by atoms with Gasteiger partial charge in [0.15, 0.2) is 0 Å². The lowest BCUT2D eigenvalue weighted by Gasteiger charge is -2.03. The lowest BCUT2D eigenvalue weighted by Crippen LogP contribution is -2.27. The zero-order valence-corrected chi connectivity index (χ0v) is 8.83. The smallest absolute Gasteiger partial charge is 0.307 e. The summed E-state index contributed by atoms with van der Waals surface area (Å²) in [4.78, 5) is 22.3. The summed E-state index contributed by atoms with van der Waals surface area (Å²) in [5.41, 5.74) is -0.385. The van der Waals surface area contributed by atoms with Crippen molar-refractivity contribution in [3.05, 3.63) is 0 Å². The summed E-state index contributed by atoms with van der Waals surface area (Å²) >= 11 is 0. The van der Waals surface area contributed by atoms with Crippen LogP contribution in [0.25, 0.3) is 0 Å². The van der Waals surface area contributed by atoms with Crippen LogP contribution in [0.2, 0.25) is 0 Å². The van der Waals surface area contributed by atoms with E-state index in [2.05, 4.69) is 5.32 Å². The lowest BCUT2D eigenvalue weighted by atomic mass is 10.1. The number of rotatable bonds is 4. The molecule has 1 aliphatic carbocycles. The van der Waals surface area contributed by atoms with Crippen LogP contribution in [-0.2, 0) is 9.59 Å². The van der Waals surface area contributed by atoms with E-state index in [-0.39, 0.29) is 17.2 Å². The van der Waals surface area contributed by atoms with E-state index in [1.54, 1.807) is 0 Å². The number of hydrogen-bond acceptors (Lipinski definition) is 2. The van der Waals surface area contributed by atoms with E-state index in [4.69, 9.17) is 5.11 Å². The molecule has 1 fully saturated rings. The van der Waals surface area contributed by atoms with Crippen LogP contribution < -0.4 is 5.32 Å². The normalized spacial score (nSPS) is 28.2. The summed E-state index contributed by atoms with van der Waals surface area (Å²) < 4.78 is 0. The molecule has 0 saturated heterocycles. The number of aliphatic carboxylic acids is 1. The molecule has 0 aromatic carbocycles. The summed E-state index contributed by atoms with van der Waals surface area (Å²) in [6.45, 7) is 6.23. The zero-order chi connectivity index (χ0) is 10.9. The van der Waals surface area contributed by atoms with Gasteiger partial charge in [-0.15, -0.1) is 0 Å². The summed E-state index contributed by atoms with van der Waals surface area (Å²) in [5, 5.41) is 11.6. The van der Waals surface area contributed by atoms with Crippen LogP contribution in [0.1, 0.15) is 27.2 Å². The largest absolute Gasteiger partial charge is 0.481 e. The summed E-state index contributed by atoms with van der Waals surface area (Å²) in [6.07, 6.45) is 0.872. The Morgan fingerprint density at radius 1 is 1.36 bits per heavy atom. The fourth-order valence-electron chi connectivity index (χ4n) is 1.95. The monoisotopic (exact) mass is 199 g/mol. The van der Waals surface area contributed by atoms with E-state index in [1.165, 1.54) is 0 Å². The van der Waals surface area contributed by atoms with Gasteiger partial charge >= 0.3 is 5.97 Å². The maximum Gasteiger partial charge on any atom is 0.307 e. The van der Waals surface area contributed by atoms with Crippen molar-refractivity contribution in [1.29, 1.82) is 0 Å². The average Bonchev–Trinajstić information content (AvgIpc) is 2.65. The van der Waals surface area contributed by atoms with Gasteiger partial charge in [-0.25, -0.2) is 0 Å². The first-order valence-electron chi connectivity index (χ1n) is 4.93. The SMILES string of the molecule is CCCNC(=O)[C@H]1[C@@H](C(=O)O)C1(C)C. The number of carboxylic acid groups (broad SMARTS) is 1. The summed E-state index contributed by atoms with van der Waals surface area (Å²) in [6, 6.07) is 0. The highest BCUT2D eigenvalue weighted by Gasteiger charge is 2.65. The van der Waals surface area contributed by atoms with Crippen LogP contribution in [0.5, 0.6) is 0 Å². The predicted molar refractivity (Wildman–Crippen MR) is 51.7 cm³/mol. The number of carbonyl (C=O) groups excluding carboxylic acids is 1. The van der Waals surface area contributed by atoms with Crippen LogP contribution in [-0.4, -0.2) is 23.5 Å². The van der Waals surface area contributed by atoms with Crippen LogP contribution in [0.3, 0.4) is 0 Å². The Kier molecular flexibility index (Phi) is 2.83. The predicted octanol–water partition coefficient (Wildman–Crippen LogP) is 0.869. The van der Waals surface area contributed by atoms with Crippen LogP contribution in [0.4, 0.5) is 0 Å². The molecule has 2 atom stereocenters. The van der Waals surface area contributed by atoms with E-state index < -0.39 is 11.9 Å². The van der Waals surface area contributed by atoms with Gasteiger partial charge in [-0.05, 0) is 11.8 Å². The Morgan fingerprint density at radius 2 is 1.93 bits per heavy atom. The zero-order valence-electron chi connectivity index (χ0n) is 8.83. The third-order valence-electron chi connectivity index (χ3n) is 2.93. The molecule has 0 unspecified atom stereocenters. The molecule has 1 rings (SSSR count).